The zero-order chi connectivity index (χ0) is 22.8. The first-order valence-electron chi connectivity index (χ1n) is 9.57. The van der Waals surface area contributed by atoms with Crippen molar-refractivity contribution < 1.29 is 24.0 Å². The number of amides is 3. The number of methoxy groups -OCH3 is 1. The van der Waals surface area contributed by atoms with Gasteiger partial charge in [0.05, 0.1) is 35.4 Å². The minimum absolute atomic E-state index is 0.0763. The number of carbonyl (C=O) groups excluding carboxylic acids is 3. The van der Waals surface area contributed by atoms with E-state index in [1.165, 1.54) is 25.3 Å². The Balaban J connectivity index is 1.48. The van der Waals surface area contributed by atoms with E-state index < -0.39 is 10.8 Å². The van der Waals surface area contributed by atoms with Gasteiger partial charge in [0.25, 0.3) is 23.4 Å². The molecular weight excluding hydrogens is 414 g/mol. The van der Waals surface area contributed by atoms with E-state index in [2.05, 4.69) is 5.32 Å². The SMILES string of the molecule is COc1ccc([N+](=O)[O-])cc1NC(=O)c1ccc(CN2C(=O)c3ccccc3C2=O)cc1. The van der Waals surface area contributed by atoms with Gasteiger partial charge in [0.15, 0.2) is 0 Å². The molecule has 0 aromatic heterocycles. The van der Waals surface area contributed by atoms with Crippen LogP contribution in [0, 0.1) is 10.1 Å². The molecule has 1 N–H and O–H groups in total. The Morgan fingerprint density at radius 1 is 1.00 bits per heavy atom. The molecule has 4 rings (SSSR count). The Hall–Kier alpha value is -4.53. The van der Waals surface area contributed by atoms with Crippen molar-refractivity contribution in [1.82, 2.24) is 4.90 Å². The van der Waals surface area contributed by atoms with Crippen LogP contribution in [0.2, 0.25) is 0 Å². The molecule has 1 heterocycles. The maximum atomic E-state index is 12.6. The van der Waals surface area contributed by atoms with Crippen LogP contribution < -0.4 is 10.1 Å². The summed E-state index contributed by atoms with van der Waals surface area (Å²) in [7, 11) is 1.39. The van der Waals surface area contributed by atoms with Gasteiger partial charge in [-0.15, -0.1) is 0 Å². The van der Waals surface area contributed by atoms with Gasteiger partial charge in [-0.2, -0.15) is 0 Å². The summed E-state index contributed by atoms with van der Waals surface area (Å²) in [6, 6.07) is 16.9. The first kappa shape index (κ1) is 20.7. The second-order valence-corrected chi connectivity index (χ2v) is 7.03. The lowest BCUT2D eigenvalue weighted by Crippen LogP contribution is -2.29. The molecule has 0 saturated heterocycles. The number of fused-ring (bicyclic) bond motifs is 1. The van der Waals surface area contributed by atoms with Crippen LogP contribution in [-0.2, 0) is 6.54 Å². The standard InChI is InChI=1S/C23H17N3O6/c1-32-20-11-10-16(26(30)31)12-19(20)24-21(27)15-8-6-14(7-9-15)13-25-22(28)17-4-2-3-5-18(17)23(25)29/h2-12H,13H2,1H3,(H,24,27). The highest BCUT2D eigenvalue weighted by Gasteiger charge is 2.34. The topological polar surface area (TPSA) is 119 Å². The van der Waals surface area contributed by atoms with Crippen LogP contribution in [0.5, 0.6) is 5.75 Å². The summed E-state index contributed by atoms with van der Waals surface area (Å²) in [6.07, 6.45) is 0. The first-order chi connectivity index (χ1) is 15.4. The normalized spacial score (nSPS) is 12.5. The molecule has 0 spiro atoms. The highest BCUT2D eigenvalue weighted by Crippen LogP contribution is 2.29. The third kappa shape index (κ3) is 3.79. The van der Waals surface area contributed by atoms with E-state index in [1.807, 2.05) is 0 Å². The summed E-state index contributed by atoms with van der Waals surface area (Å²) in [5.41, 5.74) is 1.70. The van der Waals surface area contributed by atoms with Crippen molar-refractivity contribution in [3.8, 4) is 5.75 Å². The Morgan fingerprint density at radius 3 is 2.19 bits per heavy atom. The molecule has 0 radical (unpaired) electrons. The van der Waals surface area contributed by atoms with Gasteiger partial charge in [0.1, 0.15) is 5.75 Å². The van der Waals surface area contributed by atoms with Gasteiger partial charge in [0.2, 0.25) is 0 Å². The minimum Gasteiger partial charge on any atom is -0.495 e. The summed E-state index contributed by atoms with van der Waals surface area (Å²) in [5, 5.41) is 13.6. The highest BCUT2D eigenvalue weighted by atomic mass is 16.6. The number of hydrogen-bond acceptors (Lipinski definition) is 6. The molecule has 0 unspecified atom stereocenters. The molecular formula is C23H17N3O6. The Labute approximate surface area is 182 Å². The predicted octanol–water partition coefficient (Wildman–Crippen LogP) is 3.65. The van der Waals surface area contributed by atoms with Gasteiger partial charge in [-0.05, 0) is 35.9 Å². The Kier molecular flexibility index (Phi) is 5.38. The van der Waals surface area contributed by atoms with Gasteiger partial charge in [-0.25, -0.2) is 0 Å². The molecule has 1 aliphatic rings. The fraction of sp³-hybridized carbons (Fsp3) is 0.0870. The zero-order valence-electron chi connectivity index (χ0n) is 16.9. The predicted molar refractivity (Wildman–Crippen MR) is 115 cm³/mol. The van der Waals surface area contributed by atoms with Crippen molar-refractivity contribution in [3.05, 3.63) is 99.1 Å². The van der Waals surface area contributed by atoms with Gasteiger partial charge < -0.3 is 10.1 Å². The maximum Gasteiger partial charge on any atom is 0.271 e. The maximum absolute atomic E-state index is 12.6. The summed E-state index contributed by atoms with van der Waals surface area (Å²) >= 11 is 0. The Morgan fingerprint density at radius 2 is 1.62 bits per heavy atom. The van der Waals surface area contributed by atoms with E-state index in [9.17, 15) is 24.5 Å². The summed E-state index contributed by atoms with van der Waals surface area (Å²) in [5.74, 6) is -0.919. The number of nitro benzene ring substituents is 1. The molecule has 0 saturated carbocycles. The van der Waals surface area contributed by atoms with Crippen LogP contribution in [0.15, 0.2) is 66.7 Å². The molecule has 3 aromatic carbocycles. The second kappa shape index (κ2) is 8.31. The molecule has 32 heavy (non-hydrogen) atoms. The van der Waals surface area contributed by atoms with Crippen LogP contribution in [0.1, 0.15) is 36.6 Å². The molecule has 160 valence electrons. The monoisotopic (exact) mass is 431 g/mol. The summed E-state index contributed by atoms with van der Waals surface area (Å²) in [4.78, 5) is 49.2. The number of rotatable bonds is 6. The number of imide groups is 1. The number of ether oxygens (including phenoxy) is 1. The lowest BCUT2D eigenvalue weighted by atomic mass is 10.1. The van der Waals surface area contributed by atoms with Crippen LogP contribution in [0.25, 0.3) is 0 Å². The number of carbonyl (C=O) groups is 3. The average molecular weight is 431 g/mol. The second-order valence-electron chi connectivity index (χ2n) is 7.03. The number of nitrogens with one attached hydrogen (secondary N) is 1. The molecule has 3 amide bonds. The van der Waals surface area contributed by atoms with Gasteiger partial charge in [0, 0.05) is 17.7 Å². The molecule has 9 nitrogen and oxygen atoms in total. The molecule has 9 heteroatoms. The van der Waals surface area contributed by atoms with Crippen molar-refractivity contribution in [2.45, 2.75) is 6.54 Å². The van der Waals surface area contributed by atoms with Crippen molar-refractivity contribution in [1.29, 1.82) is 0 Å². The minimum atomic E-state index is -0.566. The summed E-state index contributed by atoms with van der Waals surface area (Å²) < 4.78 is 5.15. The van der Waals surface area contributed by atoms with E-state index in [-0.39, 0.29) is 35.5 Å². The number of nitrogens with zero attached hydrogens (tertiary/aromatic N) is 2. The molecule has 3 aromatic rings. The third-order valence-electron chi connectivity index (χ3n) is 5.08. The number of hydrogen-bond donors (Lipinski definition) is 1. The molecule has 0 atom stereocenters. The lowest BCUT2D eigenvalue weighted by Gasteiger charge is -2.14. The zero-order valence-corrected chi connectivity index (χ0v) is 16.9. The van der Waals surface area contributed by atoms with Crippen molar-refractivity contribution >= 4 is 29.1 Å². The smallest absolute Gasteiger partial charge is 0.271 e. The van der Waals surface area contributed by atoms with Crippen LogP contribution in [0.4, 0.5) is 11.4 Å². The van der Waals surface area contributed by atoms with Gasteiger partial charge >= 0.3 is 0 Å². The first-order valence-corrected chi connectivity index (χ1v) is 9.57. The van der Waals surface area contributed by atoms with Crippen LogP contribution >= 0.6 is 0 Å². The quantitative estimate of drug-likeness (QED) is 0.361. The van der Waals surface area contributed by atoms with E-state index >= 15 is 0 Å². The van der Waals surface area contributed by atoms with Crippen molar-refractivity contribution in [3.63, 3.8) is 0 Å². The van der Waals surface area contributed by atoms with Crippen molar-refractivity contribution in [2.75, 3.05) is 12.4 Å². The van der Waals surface area contributed by atoms with Crippen LogP contribution in [0.3, 0.4) is 0 Å². The van der Waals surface area contributed by atoms with Crippen LogP contribution in [-0.4, -0.2) is 34.7 Å². The highest BCUT2D eigenvalue weighted by molar-refractivity contribution is 6.21. The largest absolute Gasteiger partial charge is 0.495 e. The Bertz CT molecular complexity index is 1220. The molecule has 1 aliphatic heterocycles. The van der Waals surface area contributed by atoms with Gasteiger partial charge in [-0.3, -0.25) is 29.4 Å². The average Bonchev–Trinajstić information content (AvgIpc) is 3.04. The van der Waals surface area contributed by atoms with Crippen molar-refractivity contribution in [2.24, 2.45) is 0 Å². The molecule has 0 aliphatic carbocycles. The number of nitro groups is 1. The number of anilines is 1. The van der Waals surface area contributed by atoms with Gasteiger partial charge in [-0.1, -0.05) is 24.3 Å². The van der Waals surface area contributed by atoms with E-state index in [4.69, 9.17) is 4.74 Å². The molecule has 0 bridgehead atoms. The lowest BCUT2D eigenvalue weighted by molar-refractivity contribution is -0.384. The third-order valence-corrected chi connectivity index (χ3v) is 5.08. The van der Waals surface area contributed by atoms with E-state index in [0.717, 1.165) is 4.90 Å². The van der Waals surface area contributed by atoms with E-state index in [0.29, 0.717) is 22.3 Å². The number of benzene rings is 3. The fourth-order valence-corrected chi connectivity index (χ4v) is 3.43. The number of non-ortho nitro benzene ring substituents is 1. The van der Waals surface area contributed by atoms with E-state index in [1.54, 1.807) is 48.5 Å². The summed E-state index contributed by atoms with van der Waals surface area (Å²) in [6.45, 7) is 0.0763. The molecule has 0 fully saturated rings. The fourth-order valence-electron chi connectivity index (χ4n) is 3.43.